The minimum Gasteiger partial charge on any atom is -0.462 e. The molecule has 0 unspecified atom stereocenters. The number of para-hydroxylation sites is 1. The first-order chi connectivity index (χ1) is 12.2. The van der Waals surface area contributed by atoms with Crippen LogP contribution < -0.4 is 5.56 Å². The molecule has 0 saturated heterocycles. The van der Waals surface area contributed by atoms with E-state index in [0.29, 0.717) is 28.6 Å². The van der Waals surface area contributed by atoms with E-state index in [1.54, 1.807) is 29.8 Å². The van der Waals surface area contributed by atoms with Crippen molar-refractivity contribution in [3.63, 3.8) is 0 Å². The normalized spacial score (nSPS) is 10.8. The summed E-state index contributed by atoms with van der Waals surface area (Å²) in [5.74, 6) is -0.445. The highest BCUT2D eigenvalue weighted by atomic mass is 16.5. The van der Waals surface area contributed by atoms with Crippen LogP contribution >= 0.6 is 0 Å². The molecule has 0 saturated carbocycles. The molecule has 0 aliphatic rings. The van der Waals surface area contributed by atoms with E-state index in [1.165, 1.54) is 0 Å². The number of carbonyl (C=O) groups excluding carboxylic acids is 1. The quantitative estimate of drug-likeness (QED) is 0.669. The van der Waals surface area contributed by atoms with Crippen LogP contribution in [0.2, 0.25) is 0 Å². The van der Waals surface area contributed by atoms with Crippen LogP contribution in [0.3, 0.4) is 0 Å². The lowest BCUT2D eigenvalue weighted by molar-refractivity contribution is 0.0526. The smallest absolute Gasteiger partial charge is 0.342 e. The fourth-order valence-electron chi connectivity index (χ4n) is 3.01. The molecule has 128 valence electrons. The average molecular weight is 336 g/mol. The molecule has 2 heterocycles. The highest BCUT2D eigenvalue weighted by Crippen LogP contribution is 2.23. The van der Waals surface area contributed by atoms with E-state index < -0.39 is 5.97 Å². The molecule has 0 fully saturated rings. The zero-order chi connectivity index (χ0) is 17.8. The Balaban J connectivity index is 2.46. The number of nitrogens with zero attached hydrogens (tertiary/aromatic N) is 2. The van der Waals surface area contributed by atoms with Gasteiger partial charge in [0.1, 0.15) is 5.56 Å². The van der Waals surface area contributed by atoms with E-state index in [1.807, 2.05) is 37.3 Å². The summed E-state index contributed by atoms with van der Waals surface area (Å²) in [6, 6.07) is 12.7. The topological polar surface area (TPSA) is 61.2 Å². The standard InChI is InChI=1S/C20H20N2O3/c1-3-9-16-17(20(24)25-4-2)18-15(12-8-13-21-18)19(23)22(16)14-10-6-5-7-11-14/h5-8,10-13H,3-4,9H2,1-2H3. The van der Waals surface area contributed by atoms with E-state index in [9.17, 15) is 9.59 Å². The van der Waals surface area contributed by atoms with Gasteiger partial charge >= 0.3 is 5.97 Å². The van der Waals surface area contributed by atoms with E-state index in [4.69, 9.17) is 4.74 Å². The molecule has 0 spiro atoms. The molecule has 0 bridgehead atoms. The Morgan fingerprint density at radius 2 is 1.88 bits per heavy atom. The van der Waals surface area contributed by atoms with E-state index >= 15 is 0 Å². The molecule has 0 amide bonds. The van der Waals surface area contributed by atoms with Crippen LogP contribution in [0.25, 0.3) is 16.6 Å². The molecule has 5 nitrogen and oxygen atoms in total. The molecule has 0 aliphatic carbocycles. The van der Waals surface area contributed by atoms with Crippen molar-refractivity contribution in [2.45, 2.75) is 26.7 Å². The van der Waals surface area contributed by atoms with Crippen LogP contribution in [0.4, 0.5) is 0 Å². The van der Waals surface area contributed by atoms with Gasteiger partial charge in [0.15, 0.2) is 0 Å². The molecule has 0 radical (unpaired) electrons. The van der Waals surface area contributed by atoms with Crippen molar-refractivity contribution in [3.05, 3.63) is 70.3 Å². The Morgan fingerprint density at radius 1 is 1.12 bits per heavy atom. The van der Waals surface area contributed by atoms with Gasteiger partial charge < -0.3 is 4.74 Å². The highest BCUT2D eigenvalue weighted by Gasteiger charge is 2.23. The number of aromatic nitrogens is 2. The molecule has 25 heavy (non-hydrogen) atoms. The lowest BCUT2D eigenvalue weighted by Crippen LogP contribution is -2.27. The number of hydrogen-bond acceptors (Lipinski definition) is 4. The Kier molecular flexibility index (Phi) is 4.93. The number of pyridine rings is 2. The third-order valence-electron chi connectivity index (χ3n) is 4.02. The Hall–Kier alpha value is -2.95. The number of hydrogen-bond donors (Lipinski definition) is 0. The summed E-state index contributed by atoms with van der Waals surface area (Å²) in [5, 5.41) is 0.411. The fourth-order valence-corrected chi connectivity index (χ4v) is 3.01. The summed E-state index contributed by atoms with van der Waals surface area (Å²) < 4.78 is 6.87. The van der Waals surface area contributed by atoms with Crippen molar-refractivity contribution < 1.29 is 9.53 Å². The van der Waals surface area contributed by atoms with Gasteiger partial charge in [0.25, 0.3) is 5.56 Å². The molecular weight excluding hydrogens is 316 g/mol. The Morgan fingerprint density at radius 3 is 2.56 bits per heavy atom. The summed E-state index contributed by atoms with van der Waals surface area (Å²) in [7, 11) is 0. The second kappa shape index (κ2) is 7.30. The number of benzene rings is 1. The van der Waals surface area contributed by atoms with Gasteiger partial charge in [0, 0.05) is 17.6 Å². The monoisotopic (exact) mass is 336 g/mol. The van der Waals surface area contributed by atoms with Crippen molar-refractivity contribution in [2.75, 3.05) is 6.61 Å². The van der Waals surface area contributed by atoms with Crippen molar-refractivity contribution in [3.8, 4) is 5.69 Å². The van der Waals surface area contributed by atoms with Gasteiger partial charge in [-0.05, 0) is 37.6 Å². The average Bonchev–Trinajstić information content (AvgIpc) is 2.63. The lowest BCUT2D eigenvalue weighted by Gasteiger charge is -2.18. The van der Waals surface area contributed by atoms with Gasteiger partial charge in [0.2, 0.25) is 0 Å². The molecule has 2 aromatic heterocycles. The van der Waals surface area contributed by atoms with Crippen LogP contribution in [0, 0.1) is 0 Å². The molecule has 3 rings (SSSR count). The third-order valence-corrected chi connectivity index (χ3v) is 4.02. The maximum absolute atomic E-state index is 13.1. The number of esters is 1. The van der Waals surface area contributed by atoms with Crippen LogP contribution in [0.15, 0.2) is 53.5 Å². The summed E-state index contributed by atoms with van der Waals surface area (Å²) in [6.07, 6.45) is 2.95. The van der Waals surface area contributed by atoms with Crippen LogP contribution in [0.5, 0.6) is 0 Å². The van der Waals surface area contributed by atoms with Gasteiger partial charge in [-0.1, -0.05) is 31.5 Å². The highest BCUT2D eigenvalue weighted by molar-refractivity contribution is 6.03. The van der Waals surface area contributed by atoms with Gasteiger partial charge in [-0.25, -0.2) is 4.79 Å². The van der Waals surface area contributed by atoms with Gasteiger partial charge in [0.05, 0.1) is 17.5 Å². The molecular formula is C20H20N2O3. The Labute approximate surface area is 145 Å². The maximum atomic E-state index is 13.1. The first kappa shape index (κ1) is 16.9. The Bertz CT molecular complexity index is 962. The fraction of sp³-hybridized carbons (Fsp3) is 0.250. The van der Waals surface area contributed by atoms with Crippen molar-refractivity contribution in [1.29, 1.82) is 0 Å². The van der Waals surface area contributed by atoms with Gasteiger partial charge in [-0.3, -0.25) is 14.3 Å². The summed E-state index contributed by atoms with van der Waals surface area (Å²) >= 11 is 0. The van der Waals surface area contributed by atoms with Gasteiger partial charge in [-0.15, -0.1) is 0 Å². The maximum Gasteiger partial charge on any atom is 0.342 e. The van der Waals surface area contributed by atoms with Crippen LogP contribution in [-0.4, -0.2) is 22.1 Å². The van der Waals surface area contributed by atoms with Crippen LogP contribution in [-0.2, 0) is 11.2 Å². The summed E-state index contributed by atoms with van der Waals surface area (Å²) in [6.45, 7) is 4.04. The molecule has 0 aliphatic heterocycles. The largest absolute Gasteiger partial charge is 0.462 e. The number of carbonyl (C=O) groups is 1. The van der Waals surface area contributed by atoms with E-state index in [2.05, 4.69) is 4.98 Å². The number of rotatable bonds is 5. The molecule has 1 aromatic carbocycles. The third kappa shape index (κ3) is 3.05. The predicted molar refractivity (Wildman–Crippen MR) is 97.3 cm³/mol. The number of fused-ring (bicyclic) bond motifs is 1. The van der Waals surface area contributed by atoms with Gasteiger partial charge in [-0.2, -0.15) is 0 Å². The SMILES string of the molecule is CCCc1c(C(=O)OCC)c2ncccc2c(=O)n1-c1ccccc1. The first-order valence-corrected chi connectivity index (χ1v) is 8.44. The molecule has 5 heteroatoms. The molecule has 3 aromatic rings. The predicted octanol–water partition coefficient (Wildman–Crippen LogP) is 3.51. The first-order valence-electron chi connectivity index (χ1n) is 8.44. The zero-order valence-electron chi connectivity index (χ0n) is 14.4. The second-order valence-electron chi connectivity index (χ2n) is 5.67. The summed E-state index contributed by atoms with van der Waals surface area (Å²) in [5.41, 5.74) is 1.98. The summed E-state index contributed by atoms with van der Waals surface area (Å²) in [4.78, 5) is 30.1. The van der Waals surface area contributed by atoms with Crippen molar-refractivity contribution in [1.82, 2.24) is 9.55 Å². The minimum atomic E-state index is -0.445. The van der Waals surface area contributed by atoms with E-state index in [-0.39, 0.29) is 12.2 Å². The van der Waals surface area contributed by atoms with Crippen molar-refractivity contribution in [2.24, 2.45) is 0 Å². The lowest BCUT2D eigenvalue weighted by atomic mass is 10.0. The molecule has 0 atom stereocenters. The minimum absolute atomic E-state index is 0.175. The zero-order valence-corrected chi connectivity index (χ0v) is 14.4. The second-order valence-corrected chi connectivity index (χ2v) is 5.67. The van der Waals surface area contributed by atoms with Crippen LogP contribution in [0.1, 0.15) is 36.3 Å². The van der Waals surface area contributed by atoms with Crippen molar-refractivity contribution >= 4 is 16.9 Å². The van der Waals surface area contributed by atoms with E-state index in [0.717, 1.165) is 12.1 Å². The number of ether oxygens (including phenoxy) is 1. The molecule has 0 N–H and O–H groups in total.